The van der Waals surface area contributed by atoms with Gasteiger partial charge in [0.15, 0.2) is 0 Å². The molecule has 0 nitrogen and oxygen atoms in total. The molecule has 0 atom stereocenters. The lowest BCUT2D eigenvalue weighted by atomic mass is 10.9. The van der Waals surface area contributed by atoms with Crippen molar-refractivity contribution in [1.82, 2.24) is 0 Å². The van der Waals surface area contributed by atoms with Crippen molar-refractivity contribution in [2.75, 3.05) is 0 Å². The van der Waals surface area contributed by atoms with Gasteiger partial charge in [-0.3, -0.25) is 0 Å². The summed E-state index contributed by atoms with van der Waals surface area (Å²) in [6.45, 7) is 6.92. The van der Waals surface area contributed by atoms with E-state index in [9.17, 15) is 0 Å². The normalized spacial score (nSPS) is 8.20. The van der Waals surface area contributed by atoms with Crippen LogP contribution in [0.4, 0.5) is 0 Å². The van der Waals surface area contributed by atoms with Gasteiger partial charge >= 0.3 is 18.2 Å². The summed E-state index contributed by atoms with van der Waals surface area (Å²) in [4.78, 5) is 0. The summed E-state index contributed by atoms with van der Waals surface area (Å²) in [5, 5.41) is 2.18. The van der Waals surface area contributed by atoms with Gasteiger partial charge in [0.05, 0.1) is 0 Å². The van der Waals surface area contributed by atoms with Crippen LogP contribution in [0, 0.1) is 0 Å². The molecule has 3 heteroatoms. The Morgan fingerprint density at radius 1 is 1.10 bits per heavy atom. The standard InChI is InChI=1S/C6H15Si.CH3.BrH.Mg/c1-4-7(5-2)6-3;;;/h4-6H2,1-3H3;1H3;1H;/q;;;+1/p-1. The third-order valence-corrected chi connectivity index (χ3v) is 4.50. The van der Waals surface area contributed by atoms with Crippen molar-refractivity contribution in [2.45, 2.75) is 44.0 Å². The summed E-state index contributed by atoms with van der Waals surface area (Å²) in [6.07, 6.45) is 0. The molecular formula is C7H18BrMgSi. The third-order valence-electron chi connectivity index (χ3n) is 1.50. The number of rotatable bonds is 3. The highest BCUT2D eigenvalue weighted by atomic mass is 79.9. The van der Waals surface area contributed by atoms with E-state index in [0.29, 0.717) is 0 Å². The third kappa shape index (κ3) is 12.2. The molecule has 0 N–H and O–H groups in total. The lowest BCUT2D eigenvalue weighted by Gasteiger charge is -2.02. The van der Waals surface area contributed by atoms with E-state index in [1.807, 2.05) is 0 Å². The molecular weight excluding hydrogens is 216 g/mol. The van der Waals surface area contributed by atoms with Crippen LogP contribution in [0.1, 0.15) is 20.8 Å². The van der Waals surface area contributed by atoms with E-state index in [0.717, 1.165) is 0 Å². The van der Waals surface area contributed by atoms with Crippen molar-refractivity contribution < 1.29 is 0 Å². The van der Waals surface area contributed by atoms with E-state index in [1.54, 1.807) is 0 Å². The minimum absolute atomic E-state index is 0.137. The molecule has 10 heavy (non-hydrogen) atoms. The summed E-state index contributed by atoms with van der Waals surface area (Å²) >= 11 is 3.51. The maximum Gasteiger partial charge on any atom is 0.465 e. The van der Waals surface area contributed by atoms with Gasteiger partial charge in [0, 0.05) is 8.80 Å². The second-order valence-corrected chi connectivity index (χ2v) is 9.60. The van der Waals surface area contributed by atoms with E-state index in [-0.39, 0.29) is 27.0 Å². The van der Waals surface area contributed by atoms with E-state index >= 15 is 0 Å². The van der Waals surface area contributed by atoms with Crippen LogP contribution < -0.4 is 0 Å². The highest BCUT2D eigenvalue weighted by Gasteiger charge is 1.98. The van der Waals surface area contributed by atoms with Crippen LogP contribution in [0.5, 0.6) is 0 Å². The first kappa shape index (κ1) is 14.0. The van der Waals surface area contributed by atoms with Crippen LogP contribution in [0.2, 0.25) is 23.2 Å². The maximum atomic E-state index is 3.28. The molecule has 0 fully saturated rings. The molecule has 0 bridgehead atoms. The fourth-order valence-electron chi connectivity index (χ4n) is 0.750. The Morgan fingerprint density at radius 3 is 1.30 bits per heavy atom. The highest BCUT2D eigenvalue weighted by molar-refractivity contribution is 9.23. The SMILES string of the molecule is CC[Si](CC)CC.[CH3][Mg][Br]. The molecule has 0 rings (SSSR count). The van der Waals surface area contributed by atoms with Crippen LogP contribution in [-0.4, -0.2) is 27.0 Å². The van der Waals surface area contributed by atoms with Crippen LogP contribution in [0.15, 0.2) is 0 Å². The molecule has 0 saturated heterocycles. The second kappa shape index (κ2) is 13.1. The van der Waals surface area contributed by atoms with Crippen LogP contribution in [0.25, 0.3) is 0 Å². The van der Waals surface area contributed by atoms with Gasteiger partial charge in [0.25, 0.3) is 0 Å². The van der Waals surface area contributed by atoms with Gasteiger partial charge in [-0.25, -0.2) is 0 Å². The summed E-state index contributed by atoms with van der Waals surface area (Å²) in [7, 11) is 0.137. The van der Waals surface area contributed by atoms with Gasteiger partial charge in [-0.2, -0.15) is 0 Å². The number of halogens is 1. The molecule has 1 radical (unpaired) electrons. The van der Waals surface area contributed by atoms with E-state index in [2.05, 4.69) is 38.7 Å². The first-order valence-electron chi connectivity index (χ1n) is 4.16. The van der Waals surface area contributed by atoms with E-state index in [1.165, 1.54) is 18.1 Å². The second-order valence-electron chi connectivity index (χ2n) is 2.08. The molecule has 0 aliphatic rings. The van der Waals surface area contributed by atoms with Crippen LogP contribution >= 0.6 is 12.9 Å². The molecule has 0 unspecified atom stereocenters. The monoisotopic (exact) mass is 233 g/mol. The molecule has 0 aliphatic heterocycles. The van der Waals surface area contributed by atoms with Gasteiger partial charge in [0.2, 0.25) is 0 Å². The molecule has 0 spiro atoms. The van der Waals surface area contributed by atoms with Crippen molar-refractivity contribution in [1.29, 1.82) is 0 Å². The average Bonchev–Trinajstić information content (AvgIpc) is 1.93. The Labute approximate surface area is 83.4 Å². The molecule has 0 aromatic carbocycles. The van der Waals surface area contributed by atoms with Crippen molar-refractivity contribution in [3.05, 3.63) is 0 Å². The minimum Gasteiger partial charge on any atom is -0.307 e. The fraction of sp³-hybridized carbons (Fsp3) is 1.00. The van der Waals surface area contributed by atoms with Gasteiger partial charge in [-0.05, 0) is 0 Å². The average molecular weight is 235 g/mol. The number of hydrogen-bond acceptors (Lipinski definition) is 0. The summed E-state index contributed by atoms with van der Waals surface area (Å²) < 4.78 is 0. The zero-order chi connectivity index (χ0) is 8.41. The van der Waals surface area contributed by atoms with E-state index in [4.69, 9.17) is 0 Å². The van der Waals surface area contributed by atoms with Gasteiger partial charge < -0.3 is 12.9 Å². The van der Waals surface area contributed by atoms with Crippen molar-refractivity contribution in [2.24, 2.45) is 0 Å². The van der Waals surface area contributed by atoms with Crippen molar-refractivity contribution >= 4 is 39.9 Å². The molecule has 0 saturated carbocycles. The van der Waals surface area contributed by atoms with Gasteiger partial charge in [-0.1, -0.05) is 38.9 Å². The molecule has 0 amide bonds. The smallest absolute Gasteiger partial charge is 0.307 e. The van der Waals surface area contributed by atoms with Gasteiger partial charge in [0.1, 0.15) is 0 Å². The lowest BCUT2D eigenvalue weighted by molar-refractivity contribution is 1.24. The van der Waals surface area contributed by atoms with E-state index < -0.39 is 0 Å². The molecule has 59 valence electrons. The molecule has 0 aliphatic carbocycles. The number of hydrogen-bond donors (Lipinski definition) is 0. The lowest BCUT2D eigenvalue weighted by Crippen LogP contribution is -2.04. The Balaban J connectivity index is 0. The summed E-state index contributed by atoms with van der Waals surface area (Å²) in [5.41, 5.74) is 0. The Kier molecular flexibility index (Phi) is 18.3. The predicted molar refractivity (Wildman–Crippen MR) is 57.7 cm³/mol. The quantitative estimate of drug-likeness (QED) is 0.655. The van der Waals surface area contributed by atoms with Crippen LogP contribution in [0.3, 0.4) is 0 Å². The summed E-state index contributed by atoms with van der Waals surface area (Å²) in [5.74, 6) is 0. The van der Waals surface area contributed by atoms with Gasteiger partial charge in [-0.15, -0.1) is 5.05 Å². The Morgan fingerprint density at radius 2 is 1.30 bits per heavy atom. The zero-order valence-electron chi connectivity index (χ0n) is 7.71. The molecule has 0 heterocycles. The predicted octanol–water partition coefficient (Wildman–Crippen LogP) is 3.59. The largest absolute Gasteiger partial charge is 0.465 e. The first-order chi connectivity index (χ1) is 4.76. The Bertz CT molecular complexity index is 43.4. The topological polar surface area (TPSA) is 0 Å². The first-order valence-corrected chi connectivity index (χ1v) is 11.6. The fourth-order valence-corrected chi connectivity index (χ4v) is 2.25. The highest BCUT2D eigenvalue weighted by Crippen LogP contribution is 2.01. The van der Waals surface area contributed by atoms with Crippen LogP contribution in [-0.2, 0) is 0 Å². The summed E-state index contributed by atoms with van der Waals surface area (Å²) in [6, 6.07) is 4.37. The zero-order valence-corrected chi connectivity index (χ0v) is 11.7. The molecule has 0 aromatic heterocycles. The maximum absolute atomic E-state index is 3.28. The minimum atomic E-state index is 0.137. The molecule has 0 aromatic rings. The van der Waals surface area contributed by atoms with Crippen molar-refractivity contribution in [3.63, 3.8) is 0 Å². The Hall–Kier alpha value is 1.46. The van der Waals surface area contributed by atoms with Crippen molar-refractivity contribution in [3.8, 4) is 0 Å².